The molecule has 0 unspecified atom stereocenters. The third-order valence-electron chi connectivity index (χ3n) is 6.58. The van der Waals surface area contributed by atoms with E-state index in [-0.39, 0.29) is 0 Å². The molecule has 1 N–H and O–H groups in total. The number of hydrogen-bond acceptors (Lipinski definition) is 2. The summed E-state index contributed by atoms with van der Waals surface area (Å²) in [7, 11) is 0. The number of fused-ring (bicyclic) bond motifs is 3. The molecule has 0 bridgehead atoms. The van der Waals surface area contributed by atoms with Crippen LogP contribution in [0.15, 0.2) is 54.6 Å². The topological polar surface area (TPSA) is 15.3 Å². The van der Waals surface area contributed by atoms with Crippen molar-refractivity contribution in [3.63, 3.8) is 0 Å². The van der Waals surface area contributed by atoms with Crippen molar-refractivity contribution in [2.45, 2.75) is 59.8 Å². The van der Waals surface area contributed by atoms with Gasteiger partial charge in [-0.25, -0.2) is 0 Å². The molecule has 0 aromatic heterocycles. The first-order valence-electron chi connectivity index (χ1n) is 11.9. The third kappa shape index (κ3) is 4.79. The van der Waals surface area contributed by atoms with Gasteiger partial charge < -0.3 is 10.2 Å². The second-order valence-electron chi connectivity index (χ2n) is 9.01. The number of benzene rings is 3. The Morgan fingerprint density at radius 3 is 2.00 bits per heavy atom. The zero-order chi connectivity index (χ0) is 21.8. The highest BCUT2D eigenvalue weighted by atomic mass is 15.1. The predicted molar refractivity (Wildman–Crippen MR) is 136 cm³/mol. The van der Waals surface area contributed by atoms with Gasteiger partial charge in [-0.05, 0) is 103 Å². The lowest BCUT2D eigenvalue weighted by atomic mass is 9.99. The maximum atomic E-state index is 3.62. The first kappa shape index (κ1) is 21.5. The SMILES string of the molecule is CCCCN(CCCC)c1ccc(Nc2ccc3c(c2)-c2cc(C)c(C)cc2C3)cc1. The average molecular weight is 413 g/mol. The first-order chi connectivity index (χ1) is 15.1. The molecule has 2 heteroatoms. The molecule has 1 aliphatic rings. The van der Waals surface area contributed by atoms with Gasteiger partial charge in [0.25, 0.3) is 0 Å². The minimum atomic E-state index is 1.05. The summed E-state index contributed by atoms with van der Waals surface area (Å²) >= 11 is 0. The van der Waals surface area contributed by atoms with Crippen molar-refractivity contribution < 1.29 is 0 Å². The second kappa shape index (κ2) is 9.60. The highest BCUT2D eigenvalue weighted by Crippen LogP contribution is 2.39. The fourth-order valence-electron chi connectivity index (χ4n) is 4.53. The van der Waals surface area contributed by atoms with Gasteiger partial charge in [0.05, 0.1) is 0 Å². The van der Waals surface area contributed by atoms with E-state index in [0.29, 0.717) is 0 Å². The van der Waals surface area contributed by atoms with Crippen molar-refractivity contribution in [1.82, 2.24) is 0 Å². The van der Waals surface area contributed by atoms with Crippen LogP contribution in [-0.4, -0.2) is 13.1 Å². The van der Waals surface area contributed by atoms with Crippen LogP contribution < -0.4 is 10.2 Å². The summed E-state index contributed by atoms with van der Waals surface area (Å²) in [5, 5.41) is 3.62. The number of unbranched alkanes of at least 4 members (excludes halogenated alkanes) is 2. The monoisotopic (exact) mass is 412 g/mol. The molecule has 0 heterocycles. The number of rotatable bonds is 9. The Hall–Kier alpha value is -2.74. The molecule has 0 radical (unpaired) electrons. The minimum absolute atomic E-state index is 1.05. The first-order valence-corrected chi connectivity index (χ1v) is 11.9. The molecule has 0 saturated carbocycles. The molecule has 162 valence electrons. The number of anilines is 3. The molecular formula is C29H36N2. The fourth-order valence-corrected chi connectivity index (χ4v) is 4.53. The van der Waals surface area contributed by atoms with Crippen LogP contribution >= 0.6 is 0 Å². The minimum Gasteiger partial charge on any atom is -0.372 e. The molecule has 2 nitrogen and oxygen atoms in total. The Bertz CT molecular complexity index is 1030. The summed E-state index contributed by atoms with van der Waals surface area (Å²) in [5.74, 6) is 0. The van der Waals surface area contributed by atoms with Gasteiger partial charge in [-0.1, -0.05) is 44.9 Å². The Kier molecular flexibility index (Phi) is 6.65. The lowest BCUT2D eigenvalue weighted by Gasteiger charge is -2.25. The number of aryl methyl sites for hydroxylation is 2. The lowest BCUT2D eigenvalue weighted by molar-refractivity contribution is 0.678. The van der Waals surface area contributed by atoms with E-state index in [1.807, 2.05) is 0 Å². The van der Waals surface area contributed by atoms with E-state index in [1.54, 1.807) is 0 Å². The molecule has 3 aromatic rings. The maximum Gasteiger partial charge on any atom is 0.0390 e. The van der Waals surface area contributed by atoms with Crippen LogP contribution in [0.1, 0.15) is 61.8 Å². The summed E-state index contributed by atoms with van der Waals surface area (Å²) in [6.07, 6.45) is 6.02. The van der Waals surface area contributed by atoms with Gasteiger partial charge in [-0.3, -0.25) is 0 Å². The maximum absolute atomic E-state index is 3.62. The van der Waals surface area contributed by atoms with Crippen LogP contribution in [0.4, 0.5) is 17.1 Å². The Balaban J connectivity index is 1.51. The smallest absolute Gasteiger partial charge is 0.0390 e. The van der Waals surface area contributed by atoms with Gasteiger partial charge in [-0.15, -0.1) is 0 Å². The number of nitrogens with zero attached hydrogens (tertiary/aromatic N) is 1. The van der Waals surface area contributed by atoms with E-state index in [2.05, 4.69) is 92.5 Å². The van der Waals surface area contributed by atoms with E-state index >= 15 is 0 Å². The highest BCUT2D eigenvalue weighted by molar-refractivity contribution is 5.81. The van der Waals surface area contributed by atoms with E-state index in [0.717, 1.165) is 30.9 Å². The molecule has 0 spiro atoms. The lowest BCUT2D eigenvalue weighted by Crippen LogP contribution is -2.25. The average Bonchev–Trinajstić information content (AvgIpc) is 3.11. The van der Waals surface area contributed by atoms with E-state index < -0.39 is 0 Å². The molecule has 0 saturated heterocycles. The summed E-state index contributed by atoms with van der Waals surface area (Å²) in [6, 6.07) is 20.5. The Morgan fingerprint density at radius 1 is 0.710 bits per heavy atom. The van der Waals surface area contributed by atoms with Crippen LogP contribution in [-0.2, 0) is 6.42 Å². The van der Waals surface area contributed by atoms with Crippen LogP contribution in [0.2, 0.25) is 0 Å². The van der Waals surface area contributed by atoms with E-state index in [9.17, 15) is 0 Å². The van der Waals surface area contributed by atoms with Crippen molar-refractivity contribution in [2.75, 3.05) is 23.3 Å². The van der Waals surface area contributed by atoms with Crippen molar-refractivity contribution in [2.24, 2.45) is 0 Å². The van der Waals surface area contributed by atoms with E-state index in [4.69, 9.17) is 0 Å². The van der Waals surface area contributed by atoms with Crippen LogP contribution in [0.5, 0.6) is 0 Å². The van der Waals surface area contributed by atoms with Crippen LogP contribution in [0.3, 0.4) is 0 Å². The van der Waals surface area contributed by atoms with Crippen molar-refractivity contribution in [3.05, 3.63) is 76.9 Å². The standard InChI is InChI=1S/C29H36N2/c1-5-7-15-31(16-8-6-2)27-13-11-25(12-14-27)30-26-10-9-23-19-24-17-21(3)22(4)18-28(24)29(23)20-26/h9-14,17-18,20,30H,5-8,15-16,19H2,1-4H3. The molecule has 31 heavy (non-hydrogen) atoms. The van der Waals surface area contributed by atoms with Gasteiger partial charge in [0.15, 0.2) is 0 Å². The van der Waals surface area contributed by atoms with Crippen LogP contribution in [0.25, 0.3) is 11.1 Å². The van der Waals surface area contributed by atoms with Gasteiger partial charge in [0, 0.05) is 30.2 Å². The fraction of sp³-hybridized carbons (Fsp3) is 0.379. The molecule has 0 fully saturated rings. The number of hydrogen-bond donors (Lipinski definition) is 1. The quantitative estimate of drug-likeness (QED) is 0.299. The molecule has 1 aliphatic carbocycles. The zero-order valence-corrected chi connectivity index (χ0v) is 19.6. The molecule has 4 rings (SSSR count). The van der Waals surface area contributed by atoms with Gasteiger partial charge in [0.2, 0.25) is 0 Å². The predicted octanol–water partition coefficient (Wildman–Crippen LogP) is 8.02. The summed E-state index contributed by atoms with van der Waals surface area (Å²) in [6.45, 7) is 11.2. The molecule has 0 aliphatic heterocycles. The van der Waals surface area contributed by atoms with Crippen molar-refractivity contribution in [3.8, 4) is 11.1 Å². The molecule has 3 aromatic carbocycles. The van der Waals surface area contributed by atoms with Gasteiger partial charge in [0.1, 0.15) is 0 Å². The normalized spacial score (nSPS) is 11.9. The highest BCUT2D eigenvalue weighted by Gasteiger charge is 2.19. The Morgan fingerprint density at radius 2 is 1.32 bits per heavy atom. The molecule has 0 atom stereocenters. The Labute approximate surface area is 188 Å². The second-order valence-corrected chi connectivity index (χ2v) is 9.01. The van der Waals surface area contributed by atoms with Gasteiger partial charge >= 0.3 is 0 Å². The van der Waals surface area contributed by atoms with Gasteiger partial charge in [-0.2, -0.15) is 0 Å². The zero-order valence-electron chi connectivity index (χ0n) is 19.6. The van der Waals surface area contributed by atoms with E-state index in [1.165, 1.54) is 64.8 Å². The molecule has 0 amide bonds. The summed E-state index contributed by atoms with van der Waals surface area (Å²) < 4.78 is 0. The number of nitrogens with one attached hydrogen (secondary N) is 1. The summed E-state index contributed by atoms with van der Waals surface area (Å²) in [5.41, 5.74) is 12.1. The largest absolute Gasteiger partial charge is 0.372 e. The summed E-state index contributed by atoms with van der Waals surface area (Å²) in [4.78, 5) is 2.54. The van der Waals surface area contributed by atoms with Crippen molar-refractivity contribution in [1.29, 1.82) is 0 Å². The third-order valence-corrected chi connectivity index (χ3v) is 6.58. The van der Waals surface area contributed by atoms with Crippen LogP contribution in [0, 0.1) is 13.8 Å². The molecular weight excluding hydrogens is 376 g/mol. The van der Waals surface area contributed by atoms with Crippen molar-refractivity contribution >= 4 is 17.1 Å².